The first-order valence-corrected chi connectivity index (χ1v) is 11.9. The lowest BCUT2D eigenvalue weighted by Crippen LogP contribution is -2.30. The monoisotopic (exact) mass is 513 g/mol. The Bertz CT molecular complexity index is 1380. The molecule has 3 aromatic carbocycles. The van der Waals surface area contributed by atoms with Gasteiger partial charge in [0.15, 0.2) is 0 Å². The molecule has 0 atom stereocenters. The van der Waals surface area contributed by atoms with Gasteiger partial charge in [-0.3, -0.25) is 14.4 Å². The number of benzene rings is 3. The van der Waals surface area contributed by atoms with Crippen LogP contribution in [0.5, 0.6) is 0 Å². The van der Waals surface area contributed by atoms with Crippen molar-refractivity contribution in [3.05, 3.63) is 130 Å². The highest BCUT2D eigenvalue weighted by molar-refractivity contribution is 6.30. The van der Waals surface area contributed by atoms with E-state index in [0.29, 0.717) is 34.1 Å². The minimum Gasteiger partial charge on any atom is -0.467 e. The molecule has 186 valence electrons. The Morgan fingerprint density at radius 3 is 2.24 bits per heavy atom. The van der Waals surface area contributed by atoms with Crippen LogP contribution in [0.25, 0.3) is 6.08 Å². The van der Waals surface area contributed by atoms with E-state index in [0.717, 1.165) is 5.56 Å². The zero-order chi connectivity index (χ0) is 26.0. The number of amides is 3. The topological polar surface area (TPSA) is 100 Å². The van der Waals surface area contributed by atoms with E-state index in [9.17, 15) is 14.4 Å². The van der Waals surface area contributed by atoms with Crippen LogP contribution in [0.4, 0.5) is 5.69 Å². The lowest BCUT2D eigenvalue weighted by atomic mass is 10.1. The molecule has 1 aromatic heterocycles. The average Bonchev–Trinajstić information content (AvgIpc) is 3.44. The fourth-order valence-corrected chi connectivity index (χ4v) is 3.55. The molecule has 0 fully saturated rings. The Labute approximate surface area is 219 Å². The SMILES string of the molecule is O=C(Cc1ccc(NC(=O)/C(=C/c2ccc(Cl)cc2)NC(=O)c2ccccc2)cc1)NCc1ccco1. The van der Waals surface area contributed by atoms with Crippen LogP contribution in [-0.4, -0.2) is 17.7 Å². The first kappa shape index (κ1) is 25.5. The molecule has 3 amide bonds. The Kier molecular flexibility index (Phi) is 8.52. The van der Waals surface area contributed by atoms with E-state index >= 15 is 0 Å². The van der Waals surface area contributed by atoms with Gasteiger partial charge in [-0.05, 0) is 65.7 Å². The molecular weight excluding hydrogens is 490 g/mol. The first-order chi connectivity index (χ1) is 18.0. The van der Waals surface area contributed by atoms with E-state index in [1.807, 2.05) is 0 Å². The van der Waals surface area contributed by atoms with Crippen LogP contribution in [-0.2, 0) is 22.6 Å². The van der Waals surface area contributed by atoms with Gasteiger partial charge in [0.1, 0.15) is 11.5 Å². The van der Waals surface area contributed by atoms with Gasteiger partial charge < -0.3 is 20.4 Å². The molecule has 0 aliphatic heterocycles. The second-order valence-corrected chi connectivity index (χ2v) is 8.55. The Balaban J connectivity index is 1.42. The van der Waals surface area contributed by atoms with E-state index in [1.54, 1.807) is 103 Å². The first-order valence-electron chi connectivity index (χ1n) is 11.5. The smallest absolute Gasteiger partial charge is 0.272 e. The number of anilines is 1. The molecule has 0 unspecified atom stereocenters. The highest BCUT2D eigenvalue weighted by Gasteiger charge is 2.15. The van der Waals surface area contributed by atoms with Crippen molar-refractivity contribution >= 4 is 41.1 Å². The number of carbonyl (C=O) groups excluding carboxylic acids is 3. The maximum absolute atomic E-state index is 13.1. The van der Waals surface area contributed by atoms with E-state index in [-0.39, 0.29) is 18.0 Å². The summed E-state index contributed by atoms with van der Waals surface area (Å²) in [5, 5.41) is 8.85. The van der Waals surface area contributed by atoms with Gasteiger partial charge in [-0.2, -0.15) is 0 Å². The normalized spacial score (nSPS) is 11.0. The molecule has 0 spiro atoms. The van der Waals surface area contributed by atoms with Crippen molar-refractivity contribution in [2.75, 3.05) is 5.32 Å². The lowest BCUT2D eigenvalue weighted by molar-refractivity contribution is -0.120. The van der Waals surface area contributed by atoms with E-state index in [4.69, 9.17) is 16.0 Å². The van der Waals surface area contributed by atoms with Crippen LogP contribution >= 0.6 is 11.6 Å². The summed E-state index contributed by atoms with van der Waals surface area (Å²) in [7, 11) is 0. The van der Waals surface area contributed by atoms with E-state index in [2.05, 4.69) is 16.0 Å². The van der Waals surface area contributed by atoms with E-state index < -0.39 is 11.8 Å². The summed E-state index contributed by atoms with van der Waals surface area (Å²) in [4.78, 5) is 38.0. The summed E-state index contributed by atoms with van der Waals surface area (Å²) in [6.07, 6.45) is 3.31. The van der Waals surface area contributed by atoms with Crippen molar-refractivity contribution in [3.63, 3.8) is 0 Å². The van der Waals surface area contributed by atoms with Gasteiger partial charge in [0.2, 0.25) is 5.91 Å². The number of rotatable bonds is 9. The molecular formula is C29H24ClN3O4. The molecule has 0 saturated heterocycles. The van der Waals surface area contributed by atoms with Crippen LogP contribution in [0.3, 0.4) is 0 Å². The summed E-state index contributed by atoms with van der Waals surface area (Å²) in [5.41, 5.74) is 2.48. The lowest BCUT2D eigenvalue weighted by Gasteiger charge is -2.12. The van der Waals surface area contributed by atoms with Gasteiger partial charge in [0.25, 0.3) is 11.8 Å². The summed E-state index contributed by atoms with van der Waals surface area (Å²) < 4.78 is 5.21. The van der Waals surface area contributed by atoms with Gasteiger partial charge in [-0.1, -0.05) is 54.1 Å². The minimum absolute atomic E-state index is 0.0672. The molecule has 37 heavy (non-hydrogen) atoms. The standard InChI is InChI=1S/C29H24ClN3O4/c30-23-12-8-20(9-13-23)17-26(33-28(35)22-5-2-1-3-6-22)29(36)32-24-14-10-21(11-15-24)18-27(34)31-19-25-7-4-16-37-25/h1-17H,18-19H2,(H,31,34)(H,32,36)(H,33,35)/b26-17-. The van der Waals surface area contributed by atoms with Crippen molar-refractivity contribution in [1.29, 1.82) is 0 Å². The molecule has 0 radical (unpaired) electrons. The van der Waals surface area contributed by atoms with Gasteiger partial charge >= 0.3 is 0 Å². The summed E-state index contributed by atoms with van der Waals surface area (Å²) in [5.74, 6) is -0.381. The second-order valence-electron chi connectivity index (χ2n) is 8.11. The van der Waals surface area contributed by atoms with Crippen LogP contribution < -0.4 is 16.0 Å². The van der Waals surface area contributed by atoms with Crippen LogP contribution in [0.1, 0.15) is 27.2 Å². The Hall–Kier alpha value is -4.62. The van der Waals surface area contributed by atoms with Crippen LogP contribution in [0.2, 0.25) is 5.02 Å². The second kappa shape index (κ2) is 12.4. The zero-order valence-electron chi connectivity index (χ0n) is 19.7. The van der Waals surface area contributed by atoms with Crippen LogP contribution in [0.15, 0.2) is 107 Å². The molecule has 7 nitrogen and oxygen atoms in total. The number of furan rings is 1. The van der Waals surface area contributed by atoms with E-state index in [1.165, 1.54) is 0 Å². The zero-order valence-corrected chi connectivity index (χ0v) is 20.5. The number of carbonyl (C=O) groups is 3. The number of halogens is 1. The molecule has 8 heteroatoms. The highest BCUT2D eigenvalue weighted by atomic mass is 35.5. The number of hydrogen-bond donors (Lipinski definition) is 3. The molecule has 0 aliphatic rings. The Morgan fingerprint density at radius 2 is 1.57 bits per heavy atom. The maximum atomic E-state index is 13.1. The molecule has 1 heterocycles. The minimum atomic E-state index is -0.497. The molecule has 0 bridgehead atoms. The number of hydrogen-bond acceptors (Lipinski definition) is 4. The predicted molar refractivity (Wildman–Crippen MR) is 143 cm³/mol. The van der Waals surface area contributed by atoms with Gasteiger partial charge in [-0.25, -0.2) is 0 Å². The molecule has 0 saturated carbocycles. The molecule has 3 N–H and O–H groups in total. The van der Waals surface area contributed by atoms with Gasteiger partial charge in [0.05, 0.1) is 19.2 Å². The number of nitrogens with one attached hydrogen (secondary N) is 3. The molecule has 4 rings (SSSR count). The van der Waals surface area contributed by atoms with Crippen molar-refractivity contribution < 1.29 is 18.8 Å². The third kappa shape index (κ3) is 7.68. The van der Waals surface area contributed by atoms with Crippen molar-refractivity contribution in [3.8, 4) is 0 Å². The van der Waals surface area contributed by atoms with Crippen LogP contribution in [0, 0.1) is 0 Å². The predicted octanol–water partition coefficient (Wildman–Crippen LogP) is 5.20. The fraction of sp³-hybridized carbons (Fsp3) is 0.0690. The maximum Gasteiger partial charge on any atom is 0.272 e. The summed E-state index contributed by atoms with van der Waals surface area (Å²) >= 11 is 5.97. The summed E-state index contributed by atoms with van der Waals surface area (Å²) in [6, 6.07) is 26.0. The largest absolute Gasteiger partial charge is 0.467 e. The van der Waals surface area contributed by atoms with Crippen molar-refractivity contribution in [2.45, 2.75) is 13.0 Å². The highest BCUT2D eigenvalue weighted by Crippen LogP contribution is 2.15. The molecule has 0 aliphatic carbocycles. The third-order valence-electron chi connectivity index (χ3n) is 5.33. The molecule has 4 aromatic rings. The van der Waals surface area contributed by atoms with Gasteiger partial charge in [-0.15, -0.1) is 0 Å². The van der Waals surface area contributed by atoms with Crippen molar-refractivity contribution in [2.24, 2.45) is 0 Å². The fourth-order valence-electron chi connectivity index (χ4n) is 3.42. The third-order valence-corrected chi connectivity index (χ3v) is 5.58. The average molecular weight is 514 g/mol. The summed E-state index contributed by atoms with van der Waals surface area (Å²) in [6.45, 7) is 0.317. The van der Waals surface area contributed by atoms with Gasteiger partial charge in [0, 0.05) is 16.3 Å². The van der Waals surface area contributed by atoms with Crippen molar-refractivity contribution in [1.82, 2.24) is 10.6 Å². The quantitative estimate of drug-likeness (QED) is 0.268. The Morgan fingerprint density at radius 1 is 0.838 bits per heavy atom.